The van der Waals surface area contributed by atoms with Gasteiger partial charge in [0.1, 0.15) is 13.2 Å². The molecule has 0 fully saturated rings. The van der Waals surface area contributed by atoms with E-state index >= 15 is 0 Å². The maximum Gasteiger partial charge on any atom is 0.264 e. The van der Waals surface area contributed by atoms with Crippen LogP contribution >= 0.6 is 15.9 Å². The summed E-state index contributed by atoms with van der Waals surface area (Å²) in [7, 11) is -3.76. The van der Waals surface area contributed by atoms with Crippen LogP contribution in [0.1, 0.15) is 5.56 Å². The van der Waals surface area contributed by atoms with Gasteiger partial charge in [0.25, 0.3) is 10.0 Å². The summed E-state index contributed by atoms with van der Waals surface area (Å²) in [6.07, 6.45) is 0. The predicted octanol–water partition coefficient (Wildman–Crippen LogP) is 4.62. The number of hydrogen-bond acceptors (Lipinski definition) is 4. The largest absolute Gasteiger partial charge is 0.486 e. The Hall–Kier alpha value is -2.51. The zero-order chi connectivity index (χ0) is 19.6. The van der Waals surface area contributed by atoms with E-state index in [1.807, 2.05) is 24.3 Å². The van der Waals surface area contributed by atoms with Crippen LogP contribution in [-0.4, -0.2) is 21.6 Å². The Morgan fingerprint density at radius 3 is 2.25 bits per heavy atom. The van der Waals surface area contributed by atoms with Crippen LogP contribution in [0.15, 0.2) is 82.2 Å². The number of anilines is 1. The lowest BCUT2D eigenvalue weighted by molar-refractivity contribution is 0.171. The van der Waals surface area contributed by atoms with Gasteiger partial charge in [-0.25, -0.2) is 8.42 Å². The SMILES string of the molecule is O=S(=O)(c1ccccc1)N(Cc1ccc(Br)cc1)c1ccc2c(c1)OCCO2. The van der Waals surface area contributed by atoms with E-state index in [1.54, 1.807) is 48.5 Å². The van der Waals surface area contributed by atoms with Crippen LogP contribution in [0.4, 0.5) is 5.69 Å². The van der Waals surface area contributed by atoms with Crippen molar-refractivity contribution in [3.63, 3.8) is 0 Å². The third kappa shape index (κ3) is 3.86. The molecule has 1 heterocycles. The van der Waals surface area contributed by atoms with Gasteiger partial charge in [0, 0.05) is 10.5 Å². The molecule has 0 bridgehead atoms. The molecule has 3 aromatic carbocycles. The molecule has 0 aliphatic carbocycles. The first-order chi connectivity index (χ1) is 13.5. The van der Waals surface area contributed by atoms with Crippen molar-refractivity contribution in [3.8, 4) is 11.5 Å². The van der Waals surface area contributed by atoms with E-state index in [0.29, 0.717) is 30.4 Å². The molecule has 0 radical (unpaired) electrons. The Morgan fingerprint density at radius 2 is 1.54 bits per heavy atom. The third-order valence-electron chi connectivity index (χ3n) is 4.38. The van der Waals surface area contributed by atoms with Crippen LogP contribution in [0.3, 0.4) is 0 Å². The van der Waals surface area contributed by atoms with Gasteiger partial charge in [-0.2, -0.15) is 0 Å². The van der Waals surface area contributed by atoms with Gasteiger partial charge < -0.3 is 9.47 Å². The highest BCUT2D eigenvalue weighted by Crippen LogP contribution is 2.36. The average Bonchev–Trinajstić information content (AvgIpc) is 2.73. The molecule has 3 aromatic rings. The standard InChI is InChI=1S/C21H18BrNO4S/c22-17-8-6-16(7-9-17)15-23(28(24,25)19-4-2-1-3-5-19)18-10-11-20-21(14-18)27-13-12-26-20/h1-11,14H,12-13,15H2. The quantitative estimate of drug-likeness (QED) is 0.558. The number of ether oxygens (including phenoxy) is 2. The molecule has 0 saturated heterocycles. The fourth-order valence-corrected chi connectivity index (χ4v) is 4.71. The molecule has 0 spiro atoms. The molecule has 4 rings (SSSR count). The first kappa shape index (κ1) is 18.8. The van der Waals surface area contributed by atoms with Crippen LogP contribution in [-0.2, 0) is 16.6 Å². The molecule has 7 heteroatoms. The summed E-state index contributed by atoms with van der Waals surface area (Å²) < 4.78 is 40.4. The van der Waals surface area contributed by atoms with E-state index in [4.69, 9.17) is 9.47 Å². The van der Waals surface area contributed by atoms with Gasteiger partial charge >= 0.3 is 0 Å². The molecular weight excluding hydrogens is 442 g/mol. The highest BCUT2D eigenvalue weighted by Gasteiger charge is 2.26. The zero-order valence-corrected chi connectivity index (χ0v) is 17.3. The van der Waals surface area contributed by atoms with Crippen molar-refractivity contribution in [1.29, 1.82) is 0 Å². The minimum absolute atomic E-state index is 0.199. The second-order valence-corrected chi connectivity index (χ2v) is 9.06. The second-order valence-electron chi connectivity index (χ2n) is 6.28. The summed E-state index contributed by atoms with van der Waals surface area (Å²) in [6.45, 7) is 1.12. The van der Waals surface area contributed by atoms with E-state index < -0.39 is 10.0 Å². The van der Waals surface area contributed by atoms with E-state index in [-0.39, 0.29) is 11.4 Å². The van der Waals surface area contributed by atoms with Gasteiger partial charge in [-0.3, -0.25) is 4.31 Å². The Bertz CT molecular complexity index is 1070. The number of hydrogen-bond donors (Lipinski definition) is 0. The number of benzene rings is 3. The highest BCUT2D eigenvalue weighted by atomic mass is 79.9. The first-order valence-corrected chi connectivity index (χ1v) is 11.0. The fourth-order valence-electron chi connectivity index (χ4n) is 2.98. The topological polar surface area (TPSA) is 55.8 Å². The van der Waals surface area contributed by atoms with E-state index in [2.05, 4.69) is 15.9 Å². The average molecular weight is 460 g/mol. The molecule has 144 valence electrons. The molecule has 1 aliphatic heterocycles. The minimum Gasteiger partial charge on any atom is -0.486 e. The van der Waals surface area contributed by atoms with Crippen molar-refractivity contribution in [2.45, 2.75) is 11.4 Å². The molecule has 5 nitrogen and oxygen atoms in total. The van der Waals surface area contributed by atoms with E-state index in [0.717, 1.165) is 10.0 Å². The molecular formula is C21H18BrNO4S. The van der Waals surface area contributed by atoms with Gasteiger partial charge in [0.05, 0.1) is 17.1 Å². The number of nitrogens with zero attached hydrogens (tertiary/aromatic N) is 1. The molecule has 1 aliphatic rings. The van der Waals surface area contributed by atoms with Crippen molar-refractivity contribution in [1.82, 2.24) is 0 Å². The summed E-state index contributed by atoms with van der Waals surface area (Å²) in [6, 6.07) is 21.2. The maximum absolute atomic E-state index is 13.4. The van der Waals surface area contributed by atoms with Crippen LogP contribution in [0, 0.1) is 0 Å². The lowest BCUT2D eigenvalue weighted by atomic mass is 10.2. The summed E-state index contributed by atoms with van der Waals surface area (Å²) in [4.78, 5) is 0.238. The lowest BCUT2D eigenvalue weighted by Gasteiger charge is -2.26. The molecule has 28 heavy (non-hydrogen) atoms. The first-order valence-electron chi connectivity index (χ1n) is 8.76. The van der Waals surface area contributed by atoms with Gasteiger partial charge in [0.15, 0.2) is 11.5 Å². The third-order valence-corrected chi connectivity index (χ3v) is 6.70. The van der Waals surface area contributed by atoms with Crippen LogP contribution in [0.5, 0.6) is 11.5 Å². The molecule has 0 saturated carbocycles. The van der Waals surface area contributed by atoms with Crippen LogP contribution in [0.25, 0.3) is 0 Å². The summed E-state index contributed by atoms with van der Waals surface area (Å²) in [5.41, 5.74) is 1.40. The number of halogens is 1. The monoisotopic (exact) mass is 459 g/mol. The predicted molar refractivity (Wildman–Crippen MR) is 111 cm³/mol. The summed E-state index contributed by atoms with van der Waals surface area (Å²) in [5, 5.41) is 0. The number of rotatable bonds is 5. The Kier molecular flexibility index (Phi) is 5.28. The summed E-state index contributed by atoms with van der Waals surface area (Å²) in [5.74, 6) is 1.17. The van der Waals surface area contributed by atoms with Gasteiger partial charge in [-0.1, -0.05) is 46.3 Å². The Balaban J connectivity index is 1.78. The van der Waals surface area contributed by atoms with Crippen molar-refractivity contribution in [2.24, 2.45) is 0 Å². The molecule has 0 unspecified atom stereocenters. The van der Waals surface area contributed by atoms with E-state index in [1.165, 1.54) is 4.31 Å². The Morgan fingerprint density at radius 1 is 0.857 bits per heavy atom. The molecule has 0 amide bonds. The van der Waals surface area contributed by atoms with Gasteiger partial charge in [-0.05, 0) is 42.0 Å². The zero-order valence-electron chi connectivity index (χ0n) is 14.9. The van der Waals surface area contributed by atoms with Gasteiger partial charge in [-0.15, -0.1) is 0 Å². The molecule has 0 N–H and O–H groups in total. The lowest BCUT2D eigenvalue weighted by Crippen LogP contribution is -2.30. The van der Waals surface area contributed by atoms with Crippen molar-refractivity contribution in [3.05, 3.63) is 82.8 Å². The second kappa shape index (κ2) is 7.85. The van der Waals surface area contributed by atoms with Gasteiger partial charge in [0.2, 0.25) is 0 Å². The van der Waals surface area contributed by atoms with E-state index in [9.17, 15) is 8.42 Å². The Labute approximate surface area is 172 Å². The molecule has 0 atom stereocenters. The van der Waals surface area contributed by atoms with Crippen molar-refractivity contribution in [2.75, 3.05) is 17.5 Å². The minimum atomic E-state index is -3.76. The summed E-state index contributed by atoms with van der Waals surface area (Å²) >= 11 is 3.41. The fraction of sp³-hybridized carbons (Fsp3) is 0.143. The highest BCUT2D eigenvalue weighted by molar-refractivity contribution is 9.10. The number of fused-ring (bicyclic) bond motifs is 1. The number of sulfonamides is 1. The van der Waals surface area contributed by atoms with Crippen LogP contribution in [0.2, 0.25) is 0 Å². The van der Waals surface area contributed by atoms with Crippen LogP contribution < -0.4 is 13.8 Å². The van der Waals surface area contributed by atoms with Crippen molar-refractivity contribution >= 4 is 31.6 Å². The smallest absolute Gasteiger partial charge is 0.264 e. The molecule has 0 aromatic heterocycles. The normalized spacial score (nSPS) is 13.2. The maximum atomic E-state index is 13.4. The van der Waals surface area contributed by atoms with Crippen molar-refractivity contribution < 1.29 is 17.9 Å².